The van der Waals surface area contributed by atoms with E-state index in [1.165, 1.54) is 0 Å². The number of aromatic nitrogens is 1. The van der Waals surface area contributed by atoms with Crippen LogP contribution in [0.1, 0.15) is 0 Å². The third-order valence-electron chi connectivity index (χ3n) is 2.36. The van der Waals surface area contributed by atoms with Gasteiger partial charge >= 0.3 is 0 Å². The Hall–Kier alpha value is -1.47. The zero-order valence-corrected chi connectivity index (χ0v) is 8.54. The lowest BCUT2D eigenvalue weighted by atomic mass is 10.3. The van der Waals surface area contributed by atoms with Crippen LogP contribution in [0, 0.1) is 11.6 Å². The topological polar surface area (TPSA) is 63.4 Å². The van der Waals surface area contributed by atoms with Gasteiger partial charge in [-0.05, 0) is 0 Å². The molecule has 1 fully saturated rings. The van der Waals surface area contributed by atoms with E-state index in [1.807, 2.05) is 0 Å². The number of anilines is 2. The fraction of sp³-hybridized carbons (Fsp3) is 0.444. The van der Waals surface area contributed by atoms with Gasteiger partial charge in [0.05, 0.1) is 13.2 Å². The Morgan fingerprint density at radius 1 is 1.31 bits per heavy atom. The first-order valence-electron chi connectivity index (χ1n) is 4.87. The highest BCUT2D eigenvalue weighted by atomic mass is 19.1. The van der Waals surface area contributed by atoms with Crippen molar-refractivity contribution in [2.24, 2.45) is 5.84 Å². The Balaban J connectivity index is 2.31. The summed E-state index contributed by atoms with van der Waals surface area (Å²) < 4.78 is 31.7. The average molecular weight is 230 g/mol. The molecule has 1 aliphatic heterocycles. The van der Waals surface area contributed by atoms with Crippen LogP contribution in [0.15, 0.2) is 6.07 Å². The van der Waals surface area contributed by atoms with Crippen LogP contribution in [0.25, 0.3) is 0 Å². The van der Waals surface area contributed by atoms with Gasteiger partial charge in [-0.25, -0.2) is 19.6 Å². The van der Waals surface area contributed by atoms with E-state index in [-0.39, 0.29) is 11.6 Å². The van der Waals surface area contributed by atoms with Gasteiger partial charge in [-0.15, -0.1) is 0 Å². The highest BCUT2D eigenvalue weighted by molar-refractivity contribution is 5.48. The van der Waals surface area contributed by atoms with E-state index in [0.717, 1.165) is 6.07 Å². The number of morpholine rings is 1. The summed E-state index contributed by atoms with van der Waals surface area (Å²) in [5.74, 6) is 3.51. The number of hydrogen-bond acceptors (Lipinski definition) is 5. The van der Waals surface area contributed by atoms with Crippen molar-refractivity contribution in [3.8, 4) is 0 Å². The summed E-state index contributed by atoms with van der Waals surface area (Å²) in [4.78, 5) is 5.49. The second kappa shape index (κ2) is 4.58. The molecule has 7 heteroatoms. The highest BCUT2D eigenvalue weighted by Gasteiger charge is 2.19. The normalized spacial score (nSPS) is 16.3. The van der Waals surface area contributed by atoms with Gasteiger partial charge in [0.25, 0.3) is 0 Å². The molecule has 1 aliphatic rings. The summed E-state index contributed by atoms with van der Waals surface area (Å²) in [6.45, 7) is 2.06. The minimum atomic E-state index is -0.808. The van der Waals surface area contributed by atoms with E-state index in [1.54, 1.807) is 4.90 Å². The molecule has 0 aliphatic carbocycles. The van der Waals surface area contributed by atoms with Crippen LogP contribution in [0.4, 0.5) is 20.4 Å². The van der Waals surface area contributed by atoms with Crippen molar-refractivity contribution < 1.29 is 13.5 Å². The molecule has 0 spiro atoms. The number of nitrogens with one attached hydrogen (secondary N) is 1. The summed E-state index contributed by atoms with van der Waals surface area (Å²) in [5.41, 5.74) is 2.09. The Bertz CT molecular complexity index is 382. The molecule has 0 amide bonds. The maximum atomic E-state index is 13.5. The van der Waals surface area contributed by atoms with E-state index in [0.29, 0.717) is 26.3 Å². The zero-order valence-electron chi connectivity index (χ0n) is 8.54. The van der Waals surface area contributed by atoms with Gasteiger partial charge in [0.2, 0.25) is 0 Å². The van der Waals surface area contributed by atoms with Crippen molar-refractivity contribution in [2.75, 3.05) is 36.6 Å². The van der Waals surface area contributed by atoms with E-state index in [9.17, 15) is 8.78 Å². The Morgan fingerprint density at radius 3 is 2.62 bits per heavy atom. The largest absolute Gasteiger partial charge is 0.378 e. The van der Waals surface area contributed by atoms with Crippen LogP contribution in [0.3, 0.4) is 0 Å². The van der Waals surface area contributed by atoms with Gasteiger partial charge in [-0.1, -0.05) is 0 Å². The number of hydrazine groups is 1. The second-order valence-electron chi connectivity index (χ2n) is 3.37. The molecule has 2 heterocycles. The van der Waals surface area contributed by atoms with Crippen LogP contribution in [0.5, 0.6) is 0 Å². The SMILES string of the molecule is NNc1nc(N2CCOCC2)c(F)cc1F. The number of nitrogen functional groups attached to an aromatic ring is 1. The Labute approximate surface area is 91.2 Å². The number of nitrogens with two attached hydrogens (primary N) is 1. The second-order valence-corrected chi connectivity index (χ2v) is 3.37. The first-order chi connectivity index (χ1) is 7.72. The third-order valence-corrected chi connectivity index (χ3v) is 2.36. The number of rotatable bonds is 2. The molecule has 0 radical (unpaired) electrons. The van der Waals surface area contributed by atoms with Gasteiger partial charge in [-0.2, -0.15) is 0 Å². The van der Waals surface area contributed by atoms with Gasteiger partial charge in [0.1, 0.15) is 0 Å². The fourth-order valence-electron chi connectivity index (χ4n) is 1.56. The Kier molecular flexibility index (Phi) is 3.16. The molecule has 0 saturated carbocycles. The van der Waals surface area contributed by atoms with E-state index >= 15 is 0 Å². The molecule has 0 aromatic carbocycles. The predicted molar refractivity (Wildman–Crippen MR) is 55.0 cm³/mol. The van der Waals surface area contributed by atoms with Crippen molar-refractivity contribution in [3.63, 3.8) is 0 Å². The molecule has 16 heavy (non-hydrogen) atoms. The number of pyridine rings is 1. The van der Waals surface area contributed by atoms with Crippen molar-refractivity contribution in [3.05, 3.63) is 17.7 Å². The monoisotopic (exact) mass is 230 g/mol. The van der Waals surface area contributed by atoms with Crippen LogP contribution in [0.2, 0.25) is 0 Å². The molecule has 0 bridgehead atoms. The van der Waals surface area contributed by atoms with Crippen molar-refractivity contribution >= 4 is 11.6 Å². The van der Waals surface area contributed by atoms with Crippen molar-refractivity contribution in [1.29, 1.82) is 0 Å². The molecule has 5 nitrogen and oxygen atoms in total. The first kappa shape index (κ1) is 11.0. The zero-order chi connectivity index (χ0) is 11.5. The summed E-state index contributed by atoms with van der Waals surface area (Å²) >= 11 is 0. The average Bonchev–Trinajstić information content (AvgIpc) is 2.30. The number of nitrogens with zero attached hydrogens (tertiary/aromatic N) is 2. The van der Waals surface area contributed by atoms with E-state index < -0.39 is 11.6 Å². The molecule has 88 valence electrons. The van der Waals surface area contributed by atoms with Gasteiger partial charge < -0.3 is 15.1 Å². The molecule has 2 rings (SSSR count). The highest BCUT2D eigenvalue weighted by Crippen LogP contribution is 2.22. The molecule has 3 N–H and O–H groups in total. The number of halogens is 2. The Morgan fingerprint density at radius 2 is 2.00 bits per heavy atom. The smallest absolute Gasteiger partial charge is 0.178 e. The third kappa shape index (κ3) is 2.05. The standard InChI is InChI=1S/C9H12F2N4O/c10-6-5-7(11)9(13-8(6)14-12)15-1-3-16-4-2-15/h5H,1-4,12H2,(H,13,14). The molecule has 1 aromatic heterocycles. The van der Waals surface area contributed by atoms with Crippen molar-refractivity contribution in [1.82, 2.24) is 4.98 Å². The molecule has 1 aromatic rings. The molecule has 0 unspecified atom stereocenters. The van der Waals surface area contributed by atoms with Gasteiger partial charge in [0, 0.05) is 19.2 Å². The van der Waals surface area contributed by atoms with Crippen LogP contribution >= 0.6 is 0 Å². The summed E-state index contributed by atoms with van der Waals surface area (Å²) in [6, 6.07) is 0.771. The lowest BCUT2D eigenvalue weighted by Gasteiger charge is -2.28. The minimum Gasteiger partial charge on any atom is -0.378 e. The van der Waals surface area contributed by atoms with E-state index in [2.05, 4.69) is 10.4 Å². The van der Waals surface area contributed by atoms with Crippen molar-refractivity contribution in [2.45, 2.75) is 0 Å². The molecule has 0 atom stereocenters. The van der Waals surface area contributed by atoms with Gasteiger partial charge in [0.15, 0.2) is 23.3 Å². The predicted octanol–water partition coefficient (Wildman–Crippen LogP) is 0.482. The summed E-state index contributed by atoms with van der Waals surface area (Å²) in [7, 11) is 0. The summed E-state index contributed by atoms with van der Waals surface area (Å²) in [5, 5.41) is 0. The maximum Gasteiger partial charge on any atom is 0.178 e. The minimum absolute atomic E-state index is 0.0950. The number of hydrogen-bond donors (Lipinski definition) is 2. The van der Waals surface area contributed by atoms with E-state index in [4.69, 9.17) is 10.6 Å². The first-order valence-corrected chi connectivity index (χ1v) is 4.87. The molecular weight excluding hydrogens is 218 g/mol. The summed E-state index contributed by atoms with van der Waals surface area (Å²) in [6.07, 6.45) is 0. The number of ether oxygens (including phenoxy) is 1. The maximum absolute atomic E-state index is 13.5. The lowest BCUT2D eigenvalue weighted by molar-refractivity contribution is 0.122. The van der Waals surface area contributed by atoms with Gasteiger partial charge in [-0.3, -0.25) is 0 Å². The van der Waals surface area contributed by atoms with Crippen LogP contribution in [-0.2, 0) is 4.74 Å². The quantitative estimate of drug-likeness (QED) is 0.571. The molecular formula is C9H12F2N4O. The fourth-order valence-corrected chi connectivity index (χ4v) is 1.56. The molecule has 1 saturated heterocycles. The van der Waals surface area contributed by atoms with Crippen LogP contribution in [-0.4, -0.2) is 31.3 Å². The van der Waals surface area contributed by atoms with Crippen LogP contribution < -0.4 is 16.2 Å². The lowest BCUT2D eigenvalue weighted by Crippen LogP contribution is -2.37.